The fraction of sp³-hybridized carbons (Fsp3) is 0.214. The van der Waals surface area contributed by atoms with E-state index in [1.54, 1.807) is 6.92 Å². The SMILES string of the molecule is Cc1nc2nonc2c(N)c1Cc1cccc(S(=O)(=O)C(F)(F)F)c1. The lowest BCUT2D eigenvalue weighted by molar-refractivity contribution is -0.0436. The van der Waals surface area contributed by atoms with Gasteiger partial charge < -0.3 is 5.73 Å². The summed E-state index contributed by atoms with van der Waals surface area (Å²) >= 11 is 0. The first-order valence-corrected chi connectivity index (χ1v) is 8.37. The number of benzene rings is 1. The van der Waals surface area contributed by atoms with Gasteiger partial charge in [-0.2, -0.15) is 13.2 Å². The minimum absolute atomic E-state index is 0.0781. The molecule has 1 aromatic carbocycles. The average molecular weight is 372 g/mol. The smallest absolute Gasteiger partial charge is 0.396 e. The highest BCUT2D eigenvalue weighted by Crippen LogP contribution is 2.31. The number of nitrogen functional groups attached to an aromatic ring is 1. The van der Waals surface area contributed by atoms with Crippen LogP contribution < -0.4 is 5.73 Å². The summed E-state index contributed by atoms with van der Waals surface area (Å²) in [4.78, 5) is 3.33. The number of rotatable bonds is 3. The molecule has 7 nitrogen and oxygen atoms in total. The van der Waals surface area contributed by atoms with E-state index in [2.05, 4.69) is 19.9 Å². The molecule has 0 saturated carbocycles. The van der Waals surface area contributed by atoms with Crippen molar-refractivity contribution in [2.24, 2.45) is 0 Å². The minimum atomic E-state index is -5.42. The van der Waals surface area contributed by atoms with Crippen molar-refractivity contribution in [3.63, 3.8) is 0 Å². The van der Waals surface area contributed by atoms with Crippen molar-refractivity contribution >= 4 is 26.7 Å². The number of sulfone groups is 1. The Kier molecular flexibility index (Phi) is 3.90. The molecule has 25 heavy (non-hydrogen) atoms. The van der Waals surface area contributed by atoms with E-state index in [-0.39, 0.29) is 23.3 Å². The third kappa shape index (κ3) is 2.90. The predicted molar refractivity (Wildman–Crippen MR) is 81.2 cm³/mol. The second kappa shape index (κ2) is 5.69. The van der Waals surface area contributed by atoms with Crippen molar-refractivity contribution in [3.8, 4) is 0 Å². The lowest BCUT2D eigenvalue weighted by Crippen LogP contribution is -2.23. The number of nitrogens with zero attached hydrogens (tertiary/aromatic N) is 3. The van der Waals surface area contributed by atoms with Crippen LogP contribution in [0.3, 0.4) is 0 Å². The summed E-state index contributed by atoms with van der Waals surface area (Å²) in [6.07, 6.45) is 0.0781. The second-order valence-electron chi connectivity index (χ2n) is 5.30. The summed E-state index contributed by atoms with van der Waals surface area (Å²) in [5, 5.41) is 7.21. The van der Waals surface area contributed by atoms with Gasteiger partial charge in [0.15, 0.2) is 5.52 Å². The van der Waals surface area contributed by atoms with Crippen molar-refractivity contribution in [2.75, 3.05) is 5.73 Å². The molecule has 0 fully saturated rings. The molecule has 11 heteroatoms. The van der Waals surface area contributed by atoms with E-state index in [0.717, 1.165) is 12.1 Å². The van der Waals surface area contributed by atoms with Crippen LogP contribution in [0.4, 0.5) is 18.9 Å². The fourth-order valence-electron chi connectivity index (χ4n) is 2.37. The molecular formula is C14H11F3N4O3S. The standard InChI is InChI=1S/C14H11F3N4O3S/c1-7-10(11(18)12-13(19-7)21-24-20-12)6-8-3-2-4-9(5-8)25(22,23)14(15,16)17/h2-5H,6,18H2,1H3. The monoisotopic (exact) mass is 372 g/mol. The first-order valence-electron chi connectivity index (χ1n) is 6.89. The van der Waals surface area contributed by atoms with Crippen LogP contribution in [0.15, 0.2) is 33.8 Å². The molecule has 2 aromatic heterocycles. The first kappa shape index (κ1) is 17.1. The van der Waals surface area contributed by atoms with Crippen molar-refractivity contribution < 1.29 is 26.2 Å². The molecule has 0 aliphatic heterocycles. The maximum absolute atomic E-state index is 12.7. The van der Waals surface area contributed by atoms with Crippen LogP contribution in [-0.4, -0.2) is 29.2 Å². The largest absolute Gasteiger partial charge is 0.501 e. The molecule has 2 N–H and O–H groups in total. The second-order valence-corrected chi connectivity index (χ2v) is 7.24. The maximum Gasteiger partial charge on any atom is 0.501 e. The van der Waals surface area contributed by atoms with E-state index in [0.29, 0.717) is 16.8 Å². The van der Waals surface area contributed by atoms with Crippen LogP contribution in [0, 0.1) is 6.92 Å². The lowest BCUT2D eigenvalue weighted by atomic mass is 10.0. The zero-order valence-corrected chi connectivity index (χ0v) is 13.5. The maximum atomic E-state index is 12.7. The van der Waals surface area contributed by atoms with Crippen molar-refractivity contribution in [3.05, 3.63) is 41.1 Å². The van der Waals surface area contributed by atoms with Gasteiger partial charge in [0.2, 0.25) is 5.65 Å². The van der Waals surface area contributed by atoms with Gasteiger partial charge in [-0.15, -0.1) is 0 Å². The zero-order valence-electron chi connectivity index (χ0n) is 12.7. The highest BCUT2D eigenvalue weighted by atomic mass is 32.2. The molecule has 3 aromatic rings. The van der Waals surface area contributed by atoms with Crippen LogP contribution in [-0.2, 0) is 16.3 Å². The molecule has 132 valence electrons. The lowest BCUT2D eigenvalue weighted by Gasteiger charge is -2.11. The number of alkyl halides is 3. The number of nitrogens with two attached hydrogens (primary N) is 1. The van der Waals surface area contributed by atoms with E-state index in [9.17, 15) is 21.6 Å². The third-order valence-electron chi connectivity index (χ3n) is 3.66. The van der Waals surface area contributed by atoms with E-state index in [1.807, 2.05) is 0 Å². The molecule has 2 heterocycles. The van der Waals surface area contributed by atoms with E-state index >= 15 is 0 Å². The predicted octanol–water partition coefficient (Wildman–Crippen LogP) is 2.39. The zero-order chi connectivity index (χ0) is 18.4. The van der Waals surface area contributed by atoms with E-state index in [1.165, 1.54) is 12.1 Å². The Labute approximate surface area is 139 Å². The quantitative estimate of drug-likeness (QED) is 0.751. The van der Waals surface area contributed by atoms with Crippen LogP contribution >= 0.6 is 0 Å². The third-order valence-corrected chi connectivity index (χ3v) is 5.14. The van der Waals surface area contributed by atoms with Crippen molar-refractivity contribution in [1.82, 2.24) is 15.3 Å². The highest BCUT2D eigenvalue weighted by Gasteiger charge is 2.46. The Morgan fingerprint density at radius 3 is 2.64 bits per heavy atom. The van der Waals surface area contributed by atoms with Gasteiger partial charge in [0, 0.05) is 17.7 Å². The van der Waals surface area contributed by atoms with Gasteiger partial charge in [0.05, 0.1) is 10.6 Å². The number of hydrogen-bond acceptors (Lipinski definition) is 7. The summed E-state index contributed by atoms with van der Waals surface area (Å²) in [6.45, 7) is 1.65. The topological polar surface area (TPSA) is 112 Å². The van der Waals surface area contributed by atoms with Crippen molar-refractivity contribution in [2.45, 2.75) is 23.7 Å². The highest BCUT2D eigenvalue weighted by molar-refractivity contribution is 7.92. The summed E-state index contributed by atoms with van der Waals surface area (Å²) in [6, 6.07) is 4.60. The average Bonchev–Trinajstić information content (AvgIpc) is 2.99. The van der Waals surface area contributed by atoms with Gasteiger partial charge in [0.1, 0.15) is 0 Å². The summed E-state index contributed by atoms with van der Waals surface area (Å²) in [7, 11) is -5.42. The number of fused-ring (bicyclic) bond motifs is 1. The summed E-state index contributed by atoms with van der Waals surface area (Å²) in [5.74, 6) is 0. The summed E-state index contributed by atoms with van der Waals surface area (Å²) in [5.41, 5.74) is 2.64. The van der Waals surface area contributed by atoms with E-state index in [4.69, 9.17) is 5.73 Å². The van der Waals surface area contributed by atoms with Gasteiger partial charge in [-0.1, -0.05) is 12.1 Å². The van der Waals surface area contributed by atoms with Crippen LogP contribution in [0.1, 0.15) is 16.8 Å². The molecular weight excluding hydrogens is 361 g/mol. The number of halogens is 3. The fourth-order valence-corrected chi connectivity index (χ4v) is 3.21. The Balaban J connectivity index is 2.04. The summed E-state index contributed by atoms with van der Waals surface area (Å²) < 4.78 is 65.7. The molecule has 0 aliphatic carbocycles. The van der Waals surface area contributed by atoms with Gasteiger partial charge >= 0.3 is 5.51 Å². The van der Waals surface area contributed by atoms with E-state index < -0.39 is 20.2 Å². The van der Waals surface area contributed by atoms with Crippen LogP contribution in [0.5, 0.6) is 0 Å². The molecule has 0 atom stereocenters. The molecule has 0 radical (unpaired) electrons. The molecule has 0 spiro atoms. The van der Waals surface area contributed by atoms with Gasteiger partial charge in [-0.25, -0.2) is 18.0 Å². The Hall–Kier alpha value is -2.69. The van der Waals surface area contributed by atoms with Crippen molar-refractivity contribution in [1.29, 1.82) is 0 Å². The van der Waals surface area contributed by atoms with Crippen LogP contribution in [0.2, 0.25) is 0 Å². The molecule has 0 unspecified atom stereocenters. The van der Waals surface area contributed by atoms with Gasteiger partial charge in [-0.05, 0) is 34.9 Å². The number of anilines is 1. The number of hydrogen-bond donors (Lipinski definition) is 1. The minimum Gasteiger partial charge on any atom is -0.396 e. The molecule has 3 rings (SSSR count). The Morgan fingerprint density at radius 1 is 1.24 bits per heavy atom. The van der Waals surface area contributed by atoms with Gasteiger partial charge in [-0.3, -0.25) is 0 Å². The first-order chi connectivity index (χ1) is 11.6. The van der Waals surface area contributed by atoms with Gasteiger partial charge in [0.25, 0.3) is 9.84 Å². The molecule has 0 amide bonds. The molecule has 0 bridgehead atoms. The number of aromatic nitrogens is 3. The molecule has 0 saturated heterocycles. The number of aryl methyl sites for hydroxylation is 1. The molecule has 0 aliphatic rings. The number of pyridine rings is 1. The Bertz CT molecular complexity index is 1060. The normalized spacial score (nSPS) is 12.6. The van der Waals surface area contributed by atoms with Crippen LogP contribution in [0.25, 0.3) is 11.2 Å². The Morgan fingerprint density at radius 2 is 1.96 bits per heavy atom.